The molecule has 2 aromatic carbocycles. The number of piperidine rings is 1. The zero-order chi connectivity index (χ0) is 28.8. The standard InChI is InChI=1S/C30H34Cl2N6O3/c1-2-41-30(40)38-14-11-22(12-15-38)34-29-33-13-10-27(35-29)21-6-8-23(9-7-21)36-16-18-37(19-17-36)28(39)20-24-25(31)4-3-5-26(24)32/h3-10,13,22H,2,11-12,14-20H2,1H3,(H,33,34,35). The molecule has 1 aromatic heterocycles. The van der Waals surface area contributed by atoms with E-state index in [1.807, 2.05) is 17.9 Å². The number of likely N-dealkylation sites (tertiary alicyclic amines) is 1. The van der Waals surface area contributed by atoms with Crippen molar-refractivity contribution in [3.05, 3.63) is 70.3 Å². The molecule has 5 rings (SSSR count). The van der Waals surface area contributed by atoms with Crippen LogP contribution in [0.1, 0.15) is 25.3 Å². The van der Waals surface area contributed by atoms with Crippen molar-refractivity contribution in [3.63, 3.8) is 0 Å². The Kier molecular flexibility index (Phi) is 9.46. The topological polar surface area (TPSA) is 90.9 Å². The van der Waals surface area contributed by atoms with E-state index >= 15 is 0 Å². The summed E-state index contributed by atoms with van der Waals surface area (Å²) in [5.74, 6) is 0.618. The normalized spacial score (nSPS) is 16.0. The Labute approximate surface area is 250 Å². The molecule has 0 atom stereocenters. The van der Waals surface area contributed by atoms with Crippen molar-refractivity contribution < 1.29 is 14.3 Å². The molecule has 0 unspecified atom stereocenters. The fourth-order valence-electron chi connectivity index (χ4n) is 5.21. The minimum Gasteiger partial charge on any atom is -0.450 e. The summed E-state index contributed by atoms with van der Waals surface area (Å²) in [7, 11) is 0. The summed E-state index contributed by atoms with van der Waals surface area (Å²) in [6.07, 6.45) is 3.34. The fraction of sp³-hybridized carbons (Fsp3) is 0.400. The molecule has 0 saturated carbocycles. The van der Waals surface area contributed by atoms with Crippen molar-refractivity contribution in [3.8, 4) is 11.3 Å². The molecule has 3 heterocycles. The molecule has 9 nitrogen and oxygen atoms in total. The summed E-state index contributed by atoms with van der Waals surface area (Å²) < 4.78 is 5.10. The third-order valence-electron chi connectivity index (χ3n) is 7.56. The average molecular weight is 598 g/mol. The van der Waals surface area contributed by atoms with E-state index in [0.717, 1.165) is 42.9 Å². The second kappa shape index (κ2) is 13.4. The number of ether oxygens (including phenoxy) is 1. The smallest absolute Gasteiger partial charge is 0.409 e. The lowest BCUT2D eigenvalue weighted by Crippen LogP contribution is -2.49. The molecule has 11 heteroatoms. The number of carbonyl (C=O) groups excluding carboxylic acids is 2. The van der Waals surface area contributed by atoms with Crippen molar-refractivity contribution in [1.29, 1.82) is 0 Å². The Hall–Kier alpha value is -3.56. The highest BCUT2D eigenvalue weighted by Crippen LogP contribution is 2.27. The van der Waals surface area contributed by atoms with Gasteiger partial charge in [0.05, 0.1) is 18.7 Å². The predicted octanol–water partition coefficient (Wildman–Crippen LogP) is 5.37. The third kappa shape index (κ3) is 7.21. The van der Waals surface area contributed by atoms with Gasteiger partial charge in [-0.3, -0.25) is 4.79 Å². The van der Waals surface area contributed by atoms with Crippen molar-refractivity contribution in [2.45, 2.75) is 32.2 Å². The zero-order valence-electron chi connectivity index (χ0n) is 23.1. The predicted molar refractivity (Wildman–Crippen MR) is 162 cm³/mol. The van der Waals surface area contributed by atoms with E-state index in [1.165, 1.54) is 0 Å². The van der Waals surface area contributed by atoms with E-state index < -0.39 is 0 Å². The van der Waals surface area contributed by atoms with Crippen LogP contribution in [0.15, 0.2) is 54.7 Å². The lowest BCUT2D eigenvalue weighted by atomic mass is 10.1. The highest BCUT2D eigenvalue weighted by molar-refractivity contribution is 6.36. The monoisotopic (exact) mass is 596 g/mol. The van der Waals surface area contributed by atoms with Crippen LogP contribution >= 0.6 is 23.2 Å². The number of hydrogen-bond acceptors (Lipinski definition) is 7. The lowest BCUT2D eigenvalue weighted by molar-refractivity contribution is -0.130. The second-order valence-corrected chi connectivity index (χ2v) is 11.0. The van der Waals surface area contributed by atoms with Gasteiger partial charge in [-0.15, -0.1) is 0 Å². The molecule has 2 fully saturated rings. The SMILES string of the molecule is CCOC(=O)N1CCC(Nc2nccc(-c3ccc(N4CCN(C(=O)Cc5c(Cl)cccc5Cl)CC4)cc3)n2)CC1. The first-order valence-electron chi connectivity index (χ1n) is 14.0. The van der Waals surface area contributed by atoms with Crippen LogP contribution in [0.2, 0.25) is 10.0 Å². The molecule has 41 heavy (non-hydrogen) atoms. The Bertz CT molecular complexity index is 1340. The van der Waals surface area contributed by atoms with E-state index in [1.54, 1.807) is 29.3 Å². The highest BCUT2D eigenvalue weighted by Gasteiger charge is 2.25. The van der Waals surface area contributed by atoms with Gasteiger partial charge in [0.1, 0.15) is 0 Å². The van der Waals surface area contributed by atoms with Gasteiger partial charge in [-0.25, -0.2) is 14.8 Å². The van der Waals surface area contributed by atoms with Crippen molar-refractivity contribution in [2.75, 3.05) is 56.1 Å². The van der Waals surface area contributed by atoms with Crippen LogP contribution in [0.5, 0.6) is 0 Å². The molecule has 0 radical (unpaired) electrons. The highest BCUT2D eigenvalue weighted by atomic mass is 35.5. The van der Waals surface area contributed by atoms with Gasteiger partial charge < -0.3 is 24.8 Å². The number of amides is 2. The number of benzene rings is 2. The number of aromatic nitrogens is 2. The van der Waals surface area contributed by atoms with Gasteiger partial charge >= 0.3 is 6.09 Å². The van der Waals surface area contributed by atoms with Crippen molar-refractivity contribution >= 4 is 46.8 Å². The number of rotatable bonds is 7. The third-order valence-corrected chi connectivity index (χ3v) is 8.27. The fourth-order valence-corrected chi connectivity index (χ4v) is 5.75. The van der Waals surface area contributed by atoms with Crippen molar-refractivity contribution in [1.82, 2.24) is 19.8 Å². The van der Waals surface area contributed by atoms with E-state index in [9.17, 15) is 9.59 Å². The van der Waals surface area contributed by atoms with E-state index in [4.69, 9.17) is 32.9 Å². The Morgan fingerprint density at radius 1 is 0.927 bits per heavy atom. The molecule has 2 amide bonds. The summed E-state index contributed by atoms with van der Waals surface area (Å²) in [4.78, 5) is 39.9. The molecule has 3 aromatic rings. The Balaban J connectivity index is 1.13. The molecule has 1 N–H and O–H groups in total. The second-order valence-electron chi connectivity index (χ2n) is 10.2. The summed E-state index contributed by atoms with van der Waals surface area (Å²) in [5, 5.41) is 4.47. The maximum atomic E-state index is 12.9. The summed E-state index contributed by atoms with van der Waals surface area (Å²) in [5.41, 5.74) is 3.63. The molecule has 2 aliphatic rings. The molecule has 0 spiro atoms. The van der Waals surface area contributed by atoms with Crippen LogP contribution in [0.3, 0.4) is 0 Å². The summed E-state index contributed by atoms with van der Waals surface area (Å²) >= 11 is 12.5. The van der Waals surface area contributed by atoms with Crippen LogP contribution < -0.4 is 10.2 Å². The van der Waals surface area contributed by atoms with E-state index in [2.05, 4.69) is 39.5 Å². The number of anilines is 2. The largest absolute Gasteiger partial charge is 0.450 e. The maximum Gasteiger partial charge on any atom is 0.409 e. The minimum absolute atomic E-state index is 0.0349. The maximum absolute atomic E-state index is 12.9. The molecule has 2 aliphatic heterocycles. The summed E-state index contributed by atoms with van der Waals surface area (Å²) in [6, 6.07) is 15.7. The first kappa shape index (κ1) is 29.0. The average Bonchev–Trinajstić information content (AvgIpc) is 3.00. The number of halogens is 2. The molecule has 0 bridgehead atoms. The molecular weight excluding hydrogens is 563 g/mol. The Morgan fingerprint density at radius 3 is 2.27 bits per heavy atom. The van der Waals surface area contributed by atoms with E-state index in [-0.39, 0.29) is 24.5 Å². The van der Waals surface area contributed by atoms with Gasteiger partial charge in [0.15, 0.2) is 0 Å². The van der Waals surface area contributed by atoms with Gasteiger partial charge in [-0.2, -0.15) is 0 Å². The van der Waals surface area contributed by atoms with Crippen LogP contribution in [-0.2, 0) is 16.0 Å². The number of nitrogens with one attached hydrogen (secondary N) is 1. The van der Waals surface area contributed by atoms with Crippen LogP contribution in [-0.4, -0.2) is 83.7 Å². The molecule has 2 saturated heterocycles. The van der Waals surface area contributed by atoms with Gasteiger partial charge in [0.2, 0.25) is 11.9 Å². The van der Waals surface area contributed by atoms with Crippen LogP contribution in [0.25, 0.3) is 11.3 Å². The number of nitrogens with zero attached hydrogens (tertiary/aromatic N) is 5. The summed E-state index contributed by atoms with van der Waals surface area (Å²) in [6.45, 7) is 6.28. The number of carbonyl (C=O) groups is 2. The van der Waals surface area contributed by atoms with Crippen LogP contribution in [0.4, 0.5) is 16.4 Å². The van der Waals surface area contributed by atoms with Gasteiger partial charge in [-0.05, 0) is 55.7 Å². The molecule has 0 aliphatic carbocycles. The first-order valence-corrected chi connectivity index (χ1v) is 14.7. The zero-order valence-corrected chi connectivity index (χ0v) is 24.6. The molecule has 216 valence electrons. The number of hydrogen-bond donors (Lipinski definition) is 1. The van der Waals surface area contributed by atoms with Crippen LogP contribution in [0, 0.1) is 0 Å². The lowest BCUT2D eigenvalue weighted by Gasteiger charge is -2.36. The van der Waals surface area contributed by atoms with E-state index in [0.29, 0.717) is 54.3 Å². The van der Waals surface area contributed by atoms with Gasteiger partial charge in [0, 0.05) is 72.8 Å². The van der Waals surface area contributed by atoms with Gasteiger partial charge in [0.25, 0.3) is 0 Å². The quantitative estimate of drug-likeness (QED) is 0.392. The molecular formula is C30H34Cl2N6O3. The number of piperazine rings is 1. The minimum atomic E-state index is -0.248. The van der Waals surface area contributed by atoms with Crippen molar-refractivity contribution in [2.24, 2.45) is 0 Å². The first-order chi connectivity index (χ1) is 19.9. The Morgan fingerprint density at radius 2 is 1.61 bits per heavy atom. The van der Waals surface area contributed by atoms with Gasteiger partial charge in [-0.1, -0.05) is 41.4 Å².